The summed E-state index contributed by atoms with van der Waals surface area (Å²) in [6.45, 7) is 8.09. The van der Waals surface area contributed by atoms with Gasteiger partial charge in [0, 0.05) is 5.92 Å². The van der Waals surface area contributed by atoms with Crippen molar-refractivity contribution in [1.29, 1.82) is 0 Å². The van der Waals surface area contributed by atoms with E-state index in [1.165, 1.54) is 12.1 Å². The van der Waals surface area contributed by atoms with Crippen LogP contribution in [0.15, 0.2) is 36.4 Å². The summed E-state index contributed by atoms with van der Waals surface area (Å²) < 4.78 is 5.65. The minimum absolute atomic E-state index is 0.0248. The number of carbonyl (C=O) groups excluding carboxylic acids is 1. The van der Waals surface area contributed by atoms with Crippen LogP contribution in [0.2, 0.25) is 0 Å². The summed E-state index contributed by atoms with van der Waals surface area (Å²) in [7, 11) is 0. The summed E-state index contributed by atoms with van der Waals surface area (Å²) in [5.74, 6) is -1.05. The van der Waals surface area contributed by atoms with Crippen LogP contribution in [0.3, 0.4) is 0 Å². The summed E-state index contributed by atoms with van der Waals surface area (Å²) in [6.07, 6.45) is 2.61. The molecule has 4 nitrogen and oxygen atoms in total. The lowest BCUT2D eigenvalue weighted by molar-refractivity contribution is 0.000172. The van der Waals surface area contributed by atoms with Gasteiger partial charge in [-0.2, -0.15) is 0 Å². The third kappa shape index (κ3) is 3.56. The first-order valence-electron chi connectivity index (χ1n) is 7.58. The number of benzene rings is 1. The maximum Gasteiger partial charge on any atom is 0.339 e. The SMILES string of the molecule is C=C(C)C1CCC(C)CC1OC(=O)c1ccccc1C(=O)O. The number of hydrogen-bond acceptors (Lipinski definition) is 3. The second-order valence-electron chi connectivity index (χ2n) is 6.17. The summed E-state index contributed by atoms with van der Waals surface area (Å²) >= 11 is 0. The molecule has 0 amide bonds. The largest absolute Gasteiger partial charge is 0.478 e. The summed E-state index contributed by atoms with van der Waals surface area (Å²) in [5, 5.41) is 9.18. The fourth-order valence-electron chi connectivity index (χ4n) is 3.07. The van der Waals surface area contributed by atoms with Crippen LogP contribution in [-0.2, 0) is 4.74 Å². The van der Waals surface area contributed by atoms with E-state index >= 15 is 0 Å². The number of rotatable bonds is 4. The molecule has 1 aliphatic rings. The molecule has 1 fully saturated rings. The Morgan fingerprint density at radius 3 is 2.45 bits per heavy atom. The van der Waals surface area contributed by atoms with E-state index in [1.807, 2.05) is 6.92 Å². The molecule has 3 atom stereocenters. The normalized spacial score (nSPS) is 24.5. The predicted molar refractivity (Wildman–Crippen MR) is 83.9 cm³/mol. The molecule has 0 bridgehead atoms. The second kappa shape index (κ2) is 6.77. The molecule has 1 aromatic carbocycles. The molecule has 22 heavy (non-hydrogen) atoms. The molecule has 0 aromatic heterocycles. The fraction of sp³-hybridized carbons (Fsp3) is 0.444. The maximum absolute atomic E-state index is 12.4. The molecule has 1 aromatic rings. The molecule has 4 heteroatoms. The van der Waals surface area contributed by atoms with Gasteiger partial charge in [-0.15, -0.1) is 0 Å². The van der Waals surface area contributed by atoms with Gasteiger partial charge in [-0.3, -0.25) is 0 Å². The third-order valence-electron chi connectivity index (χ3n) is 4.32. The highest BCUT2D eigenvalue weighted by Gasteiger charge is 2.32. The van der Waals surface area contributed by atoms with Gasteiger partial charge in [0.05, 0.1) is 11.1 Å². The zero-order valence-electron chi connectivity index (χ0n) is 13.0. The average Bonchev–Trinajstić information content (AvgIpc) is 2.46. The number of ether oxygens (including phenoxy) is 1. The number of aromatic carboxylic acids is 1. The van der Waals surface area contributed by atoms with Crippen molar-refractivity contribution in [2.24, 2.45) is 11.8 Å². The lowest BCUT2D eigenvalue weighted by Gasteiger charge is -2.34. The van der Waals surface area contributed by atoms with Gasteiger partial charge in [0.2, 0.25) is 0 Å². The quantitative estimate of drug-likeness (QED) is 0.676. The number of carbonyl (C=O) groups is 2. The van der Waals surface area contributed by atoms with E-state index in [9.17, 15) is 14.7 Å². The Morgan fingerprint density at radius 2 is 1.86 bits per heavy atom. The Morgan fingerprint density at radius 1 is 1.23 bits per heavy atom. The Bertz CT molecular complexity index is 591. The molecule has 0 heterocycles. The smallest absolute Gasteiger partial charge is 0.339 e. The van der Waals surface area contributed by atoms with Gasteiger partial charge in [0.25, 0.3) is 0 Å². The molecule has 0 radical (unpaired) electrons. The maximum atomic E-state index is 12.4. The van der Waals surface area contributed by atoms with Gasteiger partial charge in [0.1, 0.15) is 6.10 Å². The zero-order valence-corrected chi connectivity index (χ0v) is 13.0. The minimum Gasteiger partial charge on any atom is -0.478 e. The first-order chi connectivity index (χ1) is 10.4. The molecule has 0 aliphatic heterocycles. The number of carboxylic acid groups (broad SMARTS) is 1. The molecule has 1 aliphatic carbocycles. The molecule has 0 spiro atoms. The monoisotopic (exact) mass is 302 g/mol. The Kier molecular flexibility index (Phi) is 5.01. The molecule has 0 saturated heterocycles. The lowest BCUT2D eigenvalue weighted by atomic mass is 9.77. The zero-order chi connectivity index (χ0) is 16.3. The molecule has 3 unspecified atom stereocenters. The summed E-state index contributed by atoms with van der Waals surface area (Å²) in [6, 6.07) is 6.15. The van der Waals surface area contributed by atoms with E-state index in [4.69, 9.17) is 4.74 Å². The van der Waals surface area contributed by atoms with E-state index in [0.717, 1.165) is 24.8 Å². The van der Waals surface area contributed by atoms with Crippen LogP contribution in [0.25, 0.3) is 0 Å². The van der Waals surface area contributed by atoms with Gasteiger partial charge in [-0.25, -0.2) is 9.59 Å². The standard InChI is InChI=1S/C18H22O4/c1-11(2)13-9-8-12(3)10-16(13)22-18(21)15-7-5-4-6-14(15)17(19)20/h4-7,12-13,16H,1,8-10H2,2-3H3,(H,19,20). The lowest BCUT2D eigenvalue weighted by Crippen LogP contribution is -2.34. The summed E-state index contributed by atoms with van der Waals surface area (Å²) in [4.78, 5) is 23.6. The molecule has 2 rings (SSSR count). The Labute approximate surface area is 130 Å². The molecular formula is C18H22O4. The molecule has 1 saturated carbocycles. The minimum atomic E-state index is -1.12. The second-order valence-corrected chi connectivity index (χ2v) is 6.17. The highest BCUT2D eigenvalue weighted by atomic mass is 16.5. The summed E-state index contributed by atoms with van der Waals surface area (Å²) in [5.41, 5.74) is 1.09. The molecular weight excluding hydrogens is 280 g/mol. The first kappa shape index (κ1) is 16.3. The van der Waals surface area contributed by atoms with Crippen molar-refractivity contribution >= 4 is 11.9 Å². The van der Waals surface area contributed by atoms with Gasteiger partial charge >= 0.3 is 11.9 Å². The van der Waals surface area contributed by atoms with Gasteiger partial charge < -0.3 is 9.84 Å². The average molecular weight is 302 g/mol. The van der Waals surface area contributed by atoms with Crippen molar-refractivity contribution in [2.45, 2.75) is 39.2 Å². The van der Waals surface area contributed by atoms with Crippen LogP contribution in [0.5, 0.6) is 0 Å². The van der Waals surface area contributed by atoms with Crippen LogP contribution in [0.1, 0.15) is 53.8 Å². The molecule has 1 N–H and O–H groups in total. The van der Waals surface area contributed by atoms with Crippen molar-refractivity contribution in [3.8, 4) is 0 Å². The van der Waals surface area contributed by atoms with Gasteiger partial charge in [-0.1, -0.05) is 31.2 Å². The van der Waals surface area contributed by atoms with E-state index < -0.39 is 11.9 Å². The molecule has 118 valence electrons. The topological polar surface area (TPSA) is 63.6 Å². The fourth-order valence-corrected chi connectivity index (χ4v) is 3.07. The van der Waals surface area contributed by atoms with E-state index in [2.05, 4.69) is 13.5 Å². The van der Waals surface area contributed by atoms with Crippen molar-refractivity contribution < 1.29 is 19.4 Å². The van der Waals surface area contributed by atoms with Crippen LogP contribution >= 0.6 is 0 Å². The Balaban J connectivity index is 2.20. The van der Waals surface area contributed by atoms with E-state index in [0.29, 0.717) is 5.92 Å². The van der Waals surface area contributed by atoms with Crippen LogP contribution in [0, 0.1) is 11.8 Å². The third-order valence-corrected chi connectivity index (χ3v) is 4.32. The van der Waals surface area contributed by atoms with Gasteiger partial charge in [0.15, 0.2) is 0 Å². The van der Waals surface area contributed by atoms with Crippen molar-refractivity contribution in [2.75, 3.05) is 0 Å². The van der Waals surface area contributed by atoms with E-state index in [-0.39, 0.29) is 23.1 Å². The van der Waals surface area contributed by atoms with Gasteiger partial charge in [-0.05, 0) is 44.2 Å². The highest BCUT2D eigenvalue weighted by Crippen LogP contribution is 2.35. The predicted octanol–water partition coefficient (Wildman–Crippen LogP) is 3.92. The van der Waals surface area contributed by atoms with Crippen LogP contribution in [0.4, 0.5) is 0 Å². The Hall–Kier alpha value is -2.10. The number of hydrogen-bond donors (Lipinski definition) is 1. The van der Waals surface area contributed by atoms with Crippen LogP contribution in [-0.4, -0.2) is 23.1 Å². The van der Waals surface area contributed by atoms with Crippen LogP contribution < -0.4 is 0 Å². The van der Waals surface area contributed by atoms with E-state index in [1.54, 1.807) is 12.1 Å². The highest BCUT2D eigenvalue weighted by molar-refractivity contribution is 6.02. The van der Waals surface area contributed by atoms with Crippen molar-refractivity contribution in [3.05, 3.63) is 47.5 Å². The number of carboxylic acids is 1. The van der Waals surface area contributed by atoms with Crippen molar-refractivity contribution in [1.82, 2.24) is 0 Å². The van der Waals surface area contributed by atoms with Crippen molar-refractivity contribution in [3.63, 3.8) is 0 Å². The first-order valence-corrected chi connectivity index (χ1v) is 7.58. The number of esters is 1.